The Labute approximate surface area is 101 Å². The van der Waals surface area contributed by atoms with Gasteiger partial charge in [0, 0.05) is 6.20 Å². The molecule has 1 saturated carbocycles. The average Bonchev–Trinajstić information content (AvgIpc) is 2.99. The van der Waals surface area contributed by atoms with Crippen LogP contribution in [0.1, 0.15) is 44.0 Å². The van der Waals surface area contributed by atoms with E-state index in [-0.39, 0.29) is 11.7 Å². The molecule has 1 aromatic heterocycles. The Bertz CT molecular complexity index is 419. The lowest BCUT2D eigenvalue weighted by molar-refractivity contribution is 0.107. The van der Waals surface area contributed by atoms with Crippen molar-refractivity contribution in [2.75, 3.05) is 0 Å². The fourth-order valence-corrected chi connectivity index (χ4v) is 1.39. The zero-order valence-corrected chi connectivity index (χ0v) is 10.4. The second-order valence-electron chi connectivity index (χ2n) is 5.18. The molecule has 0 N–H and O–H groups in total. The molecule has 0 saturated heterocycles. The van der Waals surface area contributed by atoms with E-state index in [1.54, 1.807) is 12.3 Å². The van der Waals surface area contributed by atoms with Crippen molar-refractivity contribution in [1.29, 1.82) is 0 Å². The Balaban J connectivity index is 2.27. The summed E-state index contributed by atoms with van der Waals surface area (Å²) in [6.45, 7) is 5.74. The van der Waals surface area contributed by atoms with Gasteiger partial charge in [0.25, 0.3) is 0 Å². The van der Waals surface area contributed by atoms with Gasteiger partial charge in [-0.15, -0.1) is 0 Å². The third-order valence-electron chi connectivity index (χ3n) is 2.25. The lowest BCUT2D eigenvalue weighted by Gasteiger charge is -2.21. The number of aldehydes is 1. The lowest BCUT2D eigenvalue weighted by atomic mass is 10.2. The number of hydrogen-bond donors (Lipinski definition) is 0. The van der Waals surface area contributed by atoms with Crippen LogP contribution in [0.5, 0.6) is 11.6 Å². The van der Waals surface area contributed by atoms with Gasteiger partial charge in [-0.25, -0.2) is 4.98 Å². The van der Waals surface area contributed by atoms with Crippen molar-refractivity contribution in [3.05, 3.63) is 17.8 Å². The number of pyridine rings is 1. The van der Waals surface area contributed by atoms with Crippen molar-refractivity contribution in [1.82, 2.24) is 4.98 Å². The molecule has 17 heavy (non-hydrogen) atoms. The van der Waals surface area contributed by atoms with E-state index in [9.17, 15) is 4.79 Å². The number of nitrogens with zero attached hydrogens (tertiary/aromatic N) is 1. The Morgan fingerprint density at radius 3 is 2.65 bits per heavy atom. The van der Waals surface area contributed by atoms with Gasteiger partial charge in [-0.1, -0.05) is 0 Å². The van der Waals surface area contributed by atoms with Gasteiger partial charge >= 0.3 is 0 Å². The normalized spacial score (nSPS) is 15.5. The molecule has 0 aromatic carbocycles. The number of rotatable bonds is 4. The van der Waals surface area contributed by atoms with Crippen LogP contribution in [0.2, 0.25) is 0 Å². The zero-order chi connectivity index (χ0) is 12.5. The molecule has 2 rings (SSSR count). The van der Waals surface area contributed by atoms with E-state index in [0.717, 1.165) is 19.1 Å². The first-order valence-corrected chi connectivity index (χ1v) is 5.79. The molecule has 0 amide bonds. The third kappa shape index (κ3) is 3.19. The highest BCUT2D eigenvalue weighted by Gasteiger charge is 2.26. The first-order valence-electron chi connectivity index (χ1n) is 5.79. The Hall–Kier alpha value is -1.58. The molecule has 0 radical (unpaired) electrons. The molecule has 1 aliphatic carbocycles. The summed E-state index contributed by atoms with van der Waals surface area (Å²) in [6.07, 6.45) is 4.70. The minimum Gasteiger partial charge on any atom is -0.489 e. The second-order valence-corrected chi connectivity index (χ2v) is 5.18. The molecule has 0 bridgehead atoms. The maximum atomic E-state index is 11.1. The molecule has 0 aliphatic heterocycles. The molecule has 1 aliphatic rings. The second kappa shape index (κ2) is 4.35. The smallest absolute Gasteiger partial charge is 0.228 e. The van der Waals surface area contributed by atoms with Gasteiger partial charge in [0.15, 0.2) is 6.29 Å². The van der Waals surface area contributed by atoms with Crippen molar-refractivity contribution >= 4 is 6.29 Å². The van der Waals surface area contributed by atoms with Gasteiger partial charge in [-0.05, 0) is 39.7 Å². The molecule has 1 aromatic rings. The van der Waals surface area contributed by atoms with Crippen LogP contribution < -0.4 is 9.47 Å². The van der Waals surface area contributed by atoms with Crippen molar-refractivity contribution in [3.63, 3.8) is 0 Å². The van der Waals surface area contributed by atoms with E-state index in [0.29, 0.717) is 17.2 Å². The third-order valence-corrected chi connectivity index (χ3v) is 2.25. The Morgan fingerprint density at radius 1 is 1.41 bits per heavy atom. The molecule has 0 unspecified atom stereocenters. The zero-order valence-electron chi connectivity index (χ0n) is 10.4. The minimum atomic E-state index is -0.386. The molecule has 4 heteroatoms. The topological polar surface area (TPSA) is 48.4 Å². The predicted octanol–water partition coefficient (Wildman–Crippen LogP) is 2.61. The monoisotopic (exact) mass is 235 g/mol. The van der Waals surface area contributed by atoms with E-state index in [1.165, 1.54) is 0 Å². The summed E-state index contributed by atoms with van der Waals surface area (Å²) in [7, 11) is 0. The quantitative estimate of drug-likeness (QED) is 0.753. The average molecular weight is 235 g/mol. The summed E-state index contributed by atoms with van der Waals surface area (Å²) in [5.41, 5.74) is 0.0116. The fraction of sp³-hybridized carbons (Fsp3) is 0.538. The van der Waals surface area contributed by atoms with Gasteiger partial charge in [-0.2, -0.15) is 0 Å². The van der Waals surface area contributed by atoms with Gasteiger partial charge in [0.2, 0.25) is 5.88 Å². The number of ether oxygens (including phenoxy) is 2. The van der Waals surface area contributed by atoms with Crippen LogP contribution >= 0.6 is 0 Å². The number of carbonyl (C=O) groups excluding carboxylic acids is 1. The fourth-order valence-electron chi connectivity index (χ4n) is 1.39. The van der Waals surface area contributed by atoms with E-state index in [4.69, 9.17) is 9.47 Å². The molecule has 0 spiro atoms. The van der Waals surface area contributed by atoms with Crippen molar-refractivity contribution in [3.8, 4) is 11.6 Å². The molecular weight excluding hydrogens is 218 g/mol. The van der Waals surface area contributed by atoms with Crippen molar-refractivity contribution in [2.24, 2.45) is 0 Å². The van der Waals surface area contributed by atoms with E-state index < -0.39 is 0 Å². The first-order chi connectivity index (χ1) is 7.99. The highest BCUT2D eigenvalue weighted by molar-refractivity contribution is 5.82. The summed E-state index contributed by atoms with van der Waals surface area (Å²) in [5.74, 6) is 0.905. The van der Waals surface area contributed by atoms with Gasteiger partial charge in [-0.3, -0.25) is 4.79 Å². The molecule has 1 fully saturated rings. The molecular formula is C13H17NO3. The molecule has 4 nitrogen and oxygen atoms in total. The lowest BCUT2D eigenvalue weighted by Crippen LogP contribution is -2.24. The largest absolute Gasteiger partial charge is 0.489 e. The van der Waals surface area contributed by atoms with Crippen molar-refractivity contribution < 1.29 is 14.3 Å². The standard InChI is InChI=1S/C13H17NO3/c1-13(2,3)17-12-10(8-15)11(6-7-14-12)16-9-4-5-9/h6-9H,4-5H2,1-3H3. The van der Waals surface area contributed by atoms with E-state index >= 15 is 0 Å². The van der Waals surface area contributed by atoms with Gasteiger partial charge < -0.3 is 9.47 Å². The Kier molecular flexibility index (Phi) is 3.05. The van der Waals surface area contributed by atoms with Gasteiger partial charge in [0.1, 0.15) is 16.9 Å². The van der Waals surface area contributed by atoms with Crippen LogP contribution in [-0.4, -0.2) is 23.0 Å². The molecule has 92 valence electrons. The van der Waals surface area contributed by atoms with E-state index in [1.807, 2.05) is 20.8 Å². The van der Waals surface area contributed by atoms with Gasteiger partial charge in [0.05, 0.1) is 6.10 Å². The van der Waals surface area contributed by atoms with Crippen LogP contribution in [0.3, 0.4) is 0 Å². The van der Waals surface area contributed by atoms with Crippen LogP contribution in [0, 0.1) is 0 Å². The number of hydrogen-bond acceptors (Lipinski definition) is 4. The summed E-state index contributed by atoms with van der Waals surface area (Å²) >= 11 is 0. The van der Waals surface area contributed by atoms with E-state index in [2.05, 4.69) is 4.98 Å². The summed E-state index contributed by atoms with van der Waals surface area (Å²) in [5, 5.41) is 0. The molecule has 1 heterocycles. The maximum Gasteiger partial charge on any atom is 0.228 e. The first kappa shape index (κ1) is 11.9. The maximum absolute atomic E-state index is 11.1. The SMILES string of the molecule is CC(C)(C)Oc1nccc(OC2CC2)c1C=O. The highest BCUT2D eigenvalue weighted by Crippen LogP contribution is 2.32. The van der Waals surface area contributed by atoms with Crippen LogP contribution in [0.15, 0.2) is 12.3 Å². The molecule has 0 atom stereocenters. The Morgan fingerprint density at radius 2 is 2.12 bits per heavy atom. The van der Waals surface area contributed by atoms with Crippen LogP contribution in [0.25, 0.3) is 0 Å². The summed E-state index contributed by atoms with van der Waals surface area (Å²) in [4.78, 5) is 15.2. The minimum absolute atomic E-state index is 0.249. The van der Waals surface area contributed by atoms with Crippen LogP contribution in [0.4, 0.5) is 0 Å². The highest BCUT2D eigenvalue weighted by atomic mass is 16.5. The number of carbonyl (C=O) groups is 1. The summed E-state index contributed by atoms with van der Waals surface area (Å²) in [6, 6.07) is 1.71. The van der Waals surface area contributed by atoms with Crippen LogP contribution in [-0.2, 0) is 0 Å². The predicted molar refractivity (Wildman–Crippen MR) is 63.7 cm³/mol. The number of aromatic nitrogens is 1. The van der Waals surface area contributed by atoms with Crippen molar-refractivity contribution in [2.45, 2.75) is 45.3 Å². The summed E-state index contributed by atoms with van der Waals surface area (Å²) < 4.78 is 11.3.